The van der Waals surface area contributed by atoms with Crippen LogP contribution in [0.4, 0.5) is 5.82 Å². The minimum absolute atomic E-state index is 0.186. The molecule has 0 radical (unpaired) electrons. The van der Waals surface area contributed by atoms with Crippen LogP contribution in [0.2, 0.25) is 5.15 Å². The third-order valence-corrected chi connectivity index (χ3v) is 3.56. The summed E-state index contributed by atoms with van der Waals surface area (Å²) in [5.74, 6) is 0.243. The second-order valence-corrected chi connectivity index (χ2v) is 5.24. The van der Waals surface area contributed by atoms with E-state index in [1.165, 1.54) is 12.5 Å². The van der Waals surface area contributed by atoms with Gasteiger partial charge in [-0.15, -0.1) is 0 Å². The van der Waals surface area contributed by atoms with Crippen molar-refractivity contribution in [1.82, 2.24) is 10.3 Å². The van der Waals surface area contributed by atoms with Crippen molar-refractivity contribution in [2.24, 2.45) is 5.92 Å². The number of pyridine rings is 1. The molecule has 0 amide bonds. The molecule has 1 saturated heterocycles. The van der Waals surface area contributed by atoms with Crippen molar-refractivity contribution < 1.29 is 9.90 Å². The van der Waals surface area contributed by atoms with E-state index in [1.807, 2.05) is 7.05 Å². The first-order valence-corrected chi connectivity index (χ1v) is 6.78. The summed E-state index contributed by atoms with van der Waals surface area (Å²) in [5.41, 5.74) is 0.186. The van der Waals surface area contributed by atoms with Gasteiger partial charge in [0.25, 0.3) is 0 Å². The molecule has 2 rings (SSSR count). The van der Waals surface area contributed by atoms with E-state index < -0.39 is 5.97 Å². The number of rotatable bonds is 4. The monoisotopic (exact) mass is 283 g/mol. The highest BCUT2D eigenvalue weighted by atomic mass is 35.5. The van der Waals surface area contributed by atoms with Gasteiger partial charge in [-0.05, 0) is 44.5 Å². The van der Waals surface area contributed by atoms with Gasteiger partial charge in [-0.2, -0.15) is 0 Å². The number of hydrogen-bond donors (Lipinski definition) is 2. The fourth-order valence-electron chi connectivity index (χ4n) is 2.50. The zero-order valence-corrected chi connectivity index (χ0v) is 11.7. The second-order valence-electron chi connectivity index (χ2n) is 4.85. The molecule has 1 aliphatic heterocycles. The Bertz CT molecular complexity index is 465. The Hall–Kier alpha value is -1.33. The lowest BCUT2D eigenvalue weighted by Gasteiger charge is -2.33. The lowest BCUT2D eigenvalue weighted by molar-refractivity contribution is 0.0697. The molecule has 5 nitrogen and oxygen atoms in total. The van der Waals surface area contributed by atoms with Gasteiger partial charge in [-0.3, -0.25) is 0 Å². The molecule has 1 fully saturated rings. The van der Waals surface area contributed by atoms with E-state index in [-0.39, 0.29) is 10.7 Å². The number of nitrogens with zero attached hydrogens (tertiary/aromatic N) is 2. The maximum atomic E-state index is 11.0. The van der Waals surface area contributed by atoms with Crippen LogP contribution < -0.4 is 10.2 Å². The van der Waals surface area contributed by atoms with Crippen molar-refractivity contribution in [1.29, 1.82) is 0 Å². The molecule has 19 heavy (non-hydrogen) atoms. The van der Waals surface area contributed by atoms with Gasteiger partial charge in [-0.1, -0.05) is 11.6 Å². The van der Waals surface area contributed by atoms with Gasteiger partial charge in [0, 0.05) is 13.1 Å². The standard InChI is InChI=1S/C13H18ClN3O2/c1-15-7-9-3-2-4-17(8-9)12-6-10(13(18)19)5-11(14)16-12/h5-6,9,15H,2-4,7-8H2,1H3,(H,18,19). The SMILES string of the molecule is CNCC1CCCN(c2cc(C(=O)O)cc(Cl)n2)C1. The summed E-state index contributed by atoms with van der Waals surface area (Å²) < 4.78 is 0. The third kappa shape index (κ3) is 3.58. The van der Waals surface area contributed by atoms with E-state index in [2.05, 4.69) is 15.2 Å². The van der Waals surface area contributed by atoms with Crippen LogP contribution in [0, 0.1) is 5.92 Å². The van der Waals surface area contributed by atoms with Crippen LogP contribution in [-0.4, -0.2) is 42.7 Å². The molecule has 1 unspecified atom stereocenters. The molecule has 0 bridgehead atoms. The molecular formula is C13H18ClN3O2. The molecule has 1 aromatic heterocycles. The van der Waals surface area contributed by atoms with Crippen LogP contribution in [0.15, 0.2) is 12.1 Å². The highest BCUT2D eigenvalue weighted by Crippen LogP contribution is 2.24. The van der Waals surface area contributed by atoms with E-state index in [9.17, 15) is 4.79 Å². The Labute approximate surface area is 117 Å². The minimum atomic E-state index is -0.977. The van der Waals surface area contributed by atoms with Crippen molar-refractivity contribution in [3.05, 3.63) is 22.8 Å². The van der Waals surface area contributed by atoms with Crippen LogP contribution in [0.5, 0.6) is 0 Å². The molecule has 2 heterocycles. The van der Waals surface area contributed by atoms with Crippen LogP contribution in [0.3, 0.4) is 0 Å². The molecule has 1 aromatic rings. The summed E-state index contributed by atoms with van der Waals surface area (Å²) in [6.45, 7) is 2.74. The van der Waals surface area contributed by atoms with Gasteiger partial charge in [0.2, 0.25) is 0 Å². The Morgan fingerprint density at radius 2 is 2.42 bits per heavy atom. The number of carboxylic acid groups (broad SMARTS) is 1. The van der Waals surface area contributed by atoms with Crippen LogP contribution in [-0.2, 0) is 0 Å². The van der Waals surface area contributed by atoms with E-state index in [0.717, 1.165) is 26.1 Å². The number of nitrogens with one attached hydrogen (secondary N) is 1. The van der Waals surface area contributed by atoms with Crippen molar-refractivity contribution in [3.8, 4) is 0 Å². The van der Waals surface area contributed by atoms with E-state index in [4.69, 9.17) is 16.7 Å². The lowest BCUT2D eigenvalue weighted by Crippen LogP contribution is -2.39. The van der Waals surface area contributed by atoms with Gasteiger partial charge in [0.05, 0.1) is 5.56 Å². The molecule has 1 aliphatic rings. The molecule has 0 saturated carbocycles. The molecule has 1 atom stereocenters. The van der Waals surface area contributed by atoms with E-state index in [1.54, 1.807) is 6.07 Å². The number of hydrogen-bond acceptors (Lipinski definition) is 4. The fourth-order valence-corrected chi connectivity index (χ4v) is 2.70. The van der Waals surface area contributed by atoms with Gasteiger partial charge in [0.1, 0.15) is 11.0 Å². The Balaban J connectivity index is 2.18. The highest BCUT2D eigenvalue weighted by molar-refractivity contribution is 6.29. The number of piperidine rings is 1. The van der Waals surface area contributed by atoms with Crippen molar-refractivity contribution in [2.75, 3.05) is 31.6 Å². The predicted octanol–water partition coefficient (Wildman–Crippen LogP) is 1.87. The maximum Gasteiger partial charge on any atom is 0.335 e. The summed E-state index contributed by atoms with van der Waals surface area (Å²) in [5, 5.41) is 12.5. The second kappa shape index (κ2) is 6.21. The molecule has 0 spiro atoms. The molecule has 0 aliphatic carbocycles. The van der Waals surface area contributed by atoms with Gasteiger partial charge in [-0.25, -0.2) is 9.78 Å². The number of carbonyl (C=O) groups is 1. The zero-order valence-electron chi connectivity index (χ0n) is 10.9. The van der Waals surface area contributed by atoms with E-state index in [0.29, 0.717) is 11.7 Å². The summed E-state index contributed by atoms with van der Waals surface area (Å²) in [6.07, 6.45) is 2.27. The lowest BCUT2D eigenvalue weighted by atomic mass is 9.98. The quantitative estimate of drug-likeness (QED) is 0.826. The molecule has 104 valence electrons. The van der Waals surface area contributed by atoms with Gasteiger partial charge < -0.3 is 15.3 Å². The van der Waals surface area contributed by atoms with Gasteiger partial charge >= 0.3 is 5.97 Å². The minimum Gasteiger partial charge on any atom is -0.478 e. The van der Waals surface area contributed by atoms with Crippen LogP contribution in [0.25, 0.3) is 0 Å². The molecule has 2 N–H and O–H groups in total. The summed E-state index contributed by atoms with van der Waals surface area (Å²) in [4.78, 5) is 17.4. The smallest absolute Gasteiger partial charge is 0.335 e. The molecule has 6 heteroatoms. The normalized spacial score (nSPS) is 19.5. The van der Waals surface area contributed by atoms with Gasteiger partial charge in [0.15, 0.2) is 0 Å². The van der Waals surface area contributed by atoms with Crippen LogP contribution >= 0.6 is 11.6 Å². The number of halogens is 1. The average Bonchev–Trinajstić information content (AvgIpc) is 2.38. The summed E-state index contributed by atoms with van der Waals surface area (Å²) >= 11 is 5.90. The van der Waals surface area contributed by atoms with E-state index >= 15 is 0 Å². The fraction of sp³-hybridized carbons (Fsp3) is 0.538. The van der Waals surface area contributed by atoms with Crippen molar-refractivity contribution >= 4 is 23.4 Å². The number of aromatic carboxylic acids is 1. The van der Waals surface area contributed by atoms with Crippen molar-refractivity contribution in [3.63, 3.8) is 0 Å². The first kappa shape index (κ1) is 14.1. The average molecular weight is 284 g/mol. The zero-order chi connectivity index (χ0) is 13.8. The molecule has 0 aromatic carbocycles. The largest absolute Gasteiger partial charge is 0.478 e. The number of anilines is 1. The summed E-state index contributed by atoms with van der Waals surface area (Å²) in [7, 11) is 1.94. The number of aromatic nitrogens is 1. The first-order chi connectivity index (χ1) is 9.10. The first-order valence-electron chi connectivity index (χ1n) is 6.40. The summed E-state index contributed by atoms with van der Waals surface area (Å²) in [6, 6.07) is 2.97. The highest BCUT2D eigenvalue weighted by Gasteiger charge is 2.21. The predicted molar refractivity (Wildman–Crippen MR) is 75.1 cm³/mol. The maximum absolute atomic E-state index is 11.0. The van der Waals surface area contributed by atoms with Crippen molar-refractivity contribution in [2.45, 2.75) is 12.8 Å². The Morgan fingerprint density at radius 1 is 1.63 bits per heavy atom. The Morgan fingerprint density at radius 3 is 3.11 bits per heavy atom. The third-order valence-electron chi connectivity index (χ3n) is 3.36. The molecular weight excluding hydrogens is 266 g/mol. The topological polar surface area (TPSA) is 65.5 Å². The number of carboxylic acids is 1. The Kier molecular flexibility index (Phi) is 4.61. The van der Waals surface area contributed by atoms with Crippen LogP contribution in [0.1, 0.15) is 23.2 Å².